The lowest BCUT2D eigenvalue weighted by Crippen LogP contribution is -2.35. The van der Waals surface area contributed by atoms with E-state index in [-0.39, 0.29) is 11.9 Å². The molecule has 1 aromatic carbocycles. The van der Waals surface area contributed by atoms with E-state index in [9.17, 15) is 4.79 Å². The predicted molar refractivity (Wildman–Crippen MR) is 91.7 cm³/mol. The fourth-order valence-corrected chi connectivity index (χ4v) is 2.11. The van der Waals surface area contributed by atoms with E-state index in [4.69, 9.17) is 9.26 Å². The van der Waals surface area contributed by atoms with Gasteiger partial charge in [-0.1, -0.05) is 19.0 Å². The number of hydrogen-bond acceptors (Lipinski definition) is 5. The molecule has 0 saturated heterocycles. The molecule has 0 aliphatic rings. The average molecular weight is 331 g/mol. The molecule has 0 fully saturated rings. The van der Waals surface area contributed by atoms with Crippen LogP contribution in [0.25, 0.3) is 11.4 Å². The van der Waals surface area contributed by atoms with E-state index in [1.165, 1.54) is 0 Å². The van der Waals surface area contributed by atoms with Crippen molar-refractivity contribution in [1.82, 2.24) is 15.5 Å². The first-order valence-corrected chi connectivity index (χ1v) is 8.26. The third-order valence-corrected chi connectivity index (χ3v) is 4.00. The Morgan fingerprint density at radius 3 is 2.58 bits per heavy atom. The summed E-state index contributed by atoms with van der Waals surface area (Å²) in [5.41, 5.74) is 0.870. The van der Waals surface area contributed by atoms with Crippen LogP contribution in [0.1, 0.15) is 39.5 Å². The molecule has 1 heterocycles. The van der Waals surface area contributed by atoms with Crippen LogP contribution in [0.15, 0.2) is 28.8 Å². The van der Waals surface area contributed by atoms with Crippen LogP contribution in [0.4, 0.5) is 0 Å². The molecule has 24 heavy (non-hydrogen) atoms. The predicted octanol–water partition coefficient (Wildman–Crippen LogP) is 3.23. The van der Waals surface area contributed by atoms with E-state index in [0.717, 1.165) is 11.3 Å². The number of amides is 1. The van der Waals surface area contributed by atoms with E-state index in [2.05, 4.69) is 29.3 Å². The Morgan fingerprint density at radius 2 is 1.96 bits per heavy atom. The fraction of sp³-hybridized carbons (Fsp3) is 0.500. The summed E-state index contributed by atoms with van der Waals surface area (Å²) in [5, 5.41) is 6.97. The molecule has 2 aromatic rings. The van der Waals surface area contributed by atoms with Crippen LogP contribution < -0.4 is 10.1 Å². The number of rotatable bonds is 8. The number of aromatic nitrogens is 2. The van der Waals surface area contributed by atoms with Crippen molar-refractivity contribution in [1.29, 1.82) is 0 Å². The molecule has 1 N–H and O–H groups in total. The molecule has 0 aliphatic heterocycles. The Bertz CT molecular complexity index is 650. The first kappa shape index (κ1) is 18.0. The molecular formula is C18H25N3O3. The van der Waals surface area contributed by atoms with Crippen molar-refractivity contribution in [2.45, 2.75) is 46.1 Å². The Kier molecular flexibility index (Phi) is 6.35. The van der Waals surface area contributed by atoms with E-state index >= 15 is 0 Å². The van der Waals surface area contributed by atoms with Gasteiger partial charge in [-0.3, -0.25) is 4.79 Å². The lowest BCUT2D eigenvalue weighted by atomic mass is 10.1. The minimum Gasteiger partial charge on any atom is -0.497 e. The zero-order valence-corrected chi connectivity index (χ0v) is 14.7. The van der Waals surface area contributed by atoms with Gasteiger partial charge in [-0.25, -0.2) is 0 Å². The highest BCUT2D eigenvalue weighted by molar-refractivity contribution is 5.76. The normalized spacial score (nSPS) is 12.2. The second kappa shape index (κ2) is 8.47. The molecule has 6 heteroatoms. The van der Waals surface area contributed by atoms with Crippen molar-refractivity contribution in [2.75, 3.05) is 7.11 Å². The third kappa shape index (κ3) is 5.08. The zero-order valence-electron chi connectivity index (χ0n) is 14.7. The average Bonchev–Trinajstić information content (AvgIpc) is 3.03. The number of carbonyl (C=O) groups excluding carboxylic acids is 1. The van der Waals surface area contributed by atoms with Gasteiger partial charge in [-0.15, -0.1) is 0 Å². The van der Waals surface area contributed by atoms with Gasteiger partial charge >= 0.3 is 0 Å². The van der Waals surface area contributed by atoms with Crippen LogP contribution in [-0.2, 0) is 11.2 Å². The molecule has 1 atom stereocenters. The van der Waals surface area contributed by atoms with Crippen LogP contribution >= 0.6 is 0 Å². The summed E-state index contributed by atoms with van der Waals surface area (Å²) < 4.78 is 10.4. The van der Waals surface area contributed by atoms with Gasteiger partial charge in [0.1, 0.15) is 5.75 Å². The van der Waals surface area contributed by atoms with Gasteiger partial charge in [0.25, 0.3) is 0 Å². The summed E-state index contributed by atoms with van der Waals surface area (Å²) >= 11 is 0. The molecule has 2 rings (SSSR count). The molecule has 0 radical (unpaired) electrons. The van der Waals surface area contributed by atoms with E-state index in [1.54, 1.807) is 7.11 Å². The smallest absolute Gasteiger partial charge is 0.226 e. The summed E-state index contributed by atoms with van der Waals surface area (Å²) in [6, 6.07) is 7.65. The number of aryl methyl sites for hydroxylation is 1. The molecular weight excluding hydrogens is 306 g/mol. The second-order valence-electron chi connectivity index (χ2n) is 6.19. The van der Waals surface area contributed by atoms with Crippen LogP contribution in [0.3, 0.4) is 0 Å². The van der Waals surface area contributed by atoms with Crippen molar-refractivity contribution < 1.29 is 14.1 Å². The minimum absolute atomic E-state index is 0.0612. The maximum atomic E-state index is 11.8. The monoisotopic (exact) mass is 331 g/mol. The number of hydrogen-bond donors (Lipinski definition) is 1. The highest BCUT2D eigenvalue weighted by Crippen LogP contribution is 2.20. The van der Waals surface area contributed by atoms with E-state index < -0.39 is 0 Å². The number of carbonyl (C=O) groups is 1. The number of ether oxygens (including phenoxy) is 1. The summed E-state index contributed by atoms with van der Waals surface area (Å²) in [7, 11) is 1.62. The summed E-state index contributed by atoms with van der Waals surface area (Å²) in [6.45, 7) is 6.19. The number of methoxy groups -OCH3 is 1. The SMILES string of the molecule is COc1ccc(-c2noc(CCCC(=O)NC(C)C(C)C)n2)cc1. The van der Waals surface area contributed by atoms with E-state index in [0.29, 0.717) is 36.9 Å². The largest absolute Gasteiger partial charge is 0.497 e. The molecule has 0 aliphatic carbocycles. The minimum atomic E-state index is 0.0612. The van der Waals surface area contributed by atoms with Gasteiger partial charge in [-0.05, 0) is 43.5 Å². The van der Waals surface area contributed by atoms with Gasteiger partial charge in [0.2, 0.25) is 17.6 Å². The van der Waals surface area contributed by atoms with Crippen LogP contribution in [-0.4, -0.2) is 29.2 Å². The number of nitrogens with zero attached hydrogens (tertiary/aromatic N) is 2. The van der Waals surface area contributed by atoms with Crippen LogP contribution in [0.2, 0.25) is 0 Å². The van der Waals surface area contributed by atoms with Crippen LogP contribution in [0, 0.1) is 5.92 Å². The molecule has 1 amide bonds. The van der Waals surface area contributed by atoms with Gasteiger partial charge in [0, 0.05) is 24.4 Å². The second-order valence-corrected chi connectivity index (χ2v) is 6.19. The fourth-order valence-electron chi connectivity index (χ4n) is 2.11. The highest BCUT2D eigenvalue weighted by atomic mass is 16.5. The van der Waals surface area contributed by atoms with Crippen molar-refractivity contribution >= 4 is 5.91 Å². The standard InChI is InChI=1S/C18H25N3O3/c1-12(2)13(3)19-16(22)6-5-7-17-20-18(21-24-17)14-8-10-15(23-4)11-9-14/h8-13H,5-7H2,1-4H3,(H,19,22). The maximum Gasteiger partial charge on any atom is 0.226 e. The van der Waals surface area contributed by atoms with Gasteiger partial charge in [0.05, 0.1) is 7.11 Å². The Hall–Kier alpha value is -2.37. The first-order chi connectivity index (χ1) is 11.5. The van der Waals surface area contributed by atoms with Crippen LogP contribution in [0.5, 0.6) is 5.75 Å². The van der Waals surface area contributed by atoms with Crippen molar-refractivity contribution in [3.05, 3.63) is 30.2 Å². The van der Waals surface area contributed by atoms with Gasteiger partial charge < -0.3 is 14.6 Å². The van der Waals surface area contributed by atoms with Gasteiger partial charge in [-0.2, -0.15) is 4.98 Å². The Morgan fingerprint density at radius 1 is 1.25 bits per heavy atom. The molecule has 130 valence electrons. The molecule has 1 aromatic heterocycles. The molecule has 0 bridgehead atoms. The molecule has 6 nitrogen and oxygen atoms in total. The van der Waals surface area contributed by atoms with Crippen molar-refractivity contribution in [2.24, 2.45) is 5.92 Å². The molecule has 1 unspecified atom stereocenters. The number of nitrogens with one attached hydrogen (secondary N) is 1. The Labute approximate surface area is 142 Å². The summed E-state index contributed by atoms with van der Waals surface area (Å²) in [5.74, 6) is 2.36. The molecule has 0 saturated carbocycles. The lowest BCUT2D eigenvalue weighted by Gasteiger charge is -2.17. The summed E-state index contributed by atoms with van der Waals surface area (Å²) in [6.07, 6.45) is 1.73. The van der Waals surface area contributed by atoms with E-state index in [1.807, 2.05) is 31.2 Å². The quantitative estimate of drug-likeness (QED) is 0.803. The third-order valence-electron chi connectivity index (χ3n) is 4.00. The zero-order chi connectivity index (χ0) is 17.5. The van der Waals surface area contributed by atoms with Crippen molar-refractivity contribution in [3.63, 3.8) is 0 Å². The first-order valence-electron chi connectivity index (χ1n) is 8.26. The lowest BCUT2D eigenvalue weighted by molar-refractivity contribution is -0.122. The van der Waals surface area contributed by atoms with Gasteiger partial charge in [0.15, 0.2) is 0 Å². The topological polar surface area (TPSA) is 77.2 Å². The Balaban J connectivity index is 1.82. The van der Waals surface area contributed by atoms with Crippen molar-refractivity contribution in [3.8, 4) is 17.1 Å². The highest BCUT2D eigenvalue weighted by Gasteiger charge is 2.12. The maximum absolute atomic E-state index is 11.8. The number of benzene rings is 1. The summed E-state index contributed by atoms with van der Waals surface area (Å²) in [4.78, 5) is 16.2. The molecule has 0 spiro atoms.